The summed E-state index contributed by atoms with van der Waals surface area (Å²) in [7, 11) is 0. The molecule has 6 nitrogen and oxygen atoms in total. The maximum atomic E-state index is 6.00. The second-order valence-corrected chi connectivity index (χ2v) is 7.57. The second kappa shape index (κ2) is 6.67. The molecule has 4 rings (SSSR count). The van der Waals surface area contributed by atoms with Gasteiger partial charge >= 0.3 is 0 Å². The molecule has 2 aromatic heterocycles. The Morgan fingerprint density at radius 2 is 2.22 bits per heavy atom. The van der Waals surface area contributed by atoms with Crippen LogP contribution in [0.15, 0.2) is 10.7 Å². The van der Waals surface area contributed by atoms with Gasteiger partial charge in [-0.1, -0.05) is 11.6 Å². The summed E-state index contributed by atoms with van der Waals surface area (Å²) in [4.78, 5) is 10.1. The first kappa shape index (κ1) is 15.2. The molecule has 7 heteroatoms. The van der Waals surface area contributed by atoms with Crippen molar-refractivity contribution in [2.24, 2.45) is 0 Å². The average Bonchev–Trinajstić information content (AvgIpc) is 3.18. The van der Waals surface area contributed by atoms with Crippen LogP contribution in [0.4, 0.5) is 0 Å². The Labute approximate surface area is 139 Å². The number of nitrogens with one attached hydrogen (secondary N) is 1. The van der Waals surface area contributed by atoms with Gasteiger partial charge < -0.3 is 14.6 Å². The number of thiazole rings is 1. The smallest absolute Gasteiger partial charge is 0.255 e. The summed E-state index contributed by atoms with van der Waals surface area (Å²) >= 11 is 1.85. The SMILES string of the molecule is Cc1noc([C@@H]2CC[C@H](CNCc3cnc(C4CCC4)s3)O2)n1. The maximum absolute atomic E-state index is 6.00. The monoisotopic (exact) mass is 334 g/mol. The van der Waals surface area contributed by atoms with Gasteiger partial charge in [-0.2, -0.15) is 4.98 Å². The van der Waals surface area contributed by atoms with Crippen LogP contribution in [0.3, 0.4) is 0 Å². The molecule has 2 fully saturated rings. The Kier molecular flexibility index (Phi) is 4.41. The maximum Gasteiger partial charge on any atom is 0.255 e. The highest BCUT2D eigenvalue weighted by Gasteiger charge is 2.30. The van der Waals surface area contributed by atoms with E-state index in [9.17, 15) is 0 Å². The lowest BCUT2D eigenvalue weighted by Crippen LogP contribution is -2.25. The molecule has 0 amide bonds. The summed E-state index contributed by atoms with van der Waals surface area (Å²) < 4.78 is 11.2. The van der Waals surface area contributed by atoms with Crippen molar-refractivity contribution in [1.29, 1.82) is 0 Å². The molecular weight excluding hydrogens is 312 g/mol. The topological polar surface area (TPSA) is 73.1 Å². The molecular formula is C16H22N4O2S. The van der Waals surface area contributed by atoms with E-state index in [1.165, 1.54) is 29.1 Å². The number of nitrogens with zero attached hydrogens (tertiary/aromatic N) is 3. The Bertz CT molecular complexity index is 652. The summed E-state index contributed by atoms with van der Waals surface area (Å²) in [6.07, 6.45) is 8.14. The standard InChI is InChI=1S/C16H22N4O2S/c1-10-19-15(22-20-10)14-6-5-12(21-14)7-17-8-13-9-18-16(23-13)11-3-2-4-11/h9,11-12,14,17H,2-8H2,1H3/t12-,14+/m1/s1. The highest BCUT2D eigenvalue weighted by atomic mass is 32.1. The number of hydrogen-bond donors (Lipinski definition) is 1. The summed E-state index contributed by atoms with van der Waals surface area (Å²) in [6.45, 7) is 3.54. The number of aromatic nitrogens is 3. The predicted molar refractivity (Wildman–Crippen MR) is 86.3 cm³/mol. The van der Waals surface area contributed by atoms with E-state index in [2.05, 4.69) is 20.4 Å². The van der Waals surface area contributed by atoms with Gasteiger partial charge in [-0.3, -0.25) is 0 Å². The van der Waals surface area contributed by atoms with E-state index in [-0.39, 0.29) is 12.2 Å². The van der Waals surface area contributed by atoms with Gasteiger partial charge in [0.15, 0.2) is 5.82 Å². The van der Waals surface area contributed by atoms with Crippen LogP contribution in [-0.2, 0) is 11.3 Å². The van der Waals surface area contributed by atoms with Gasteiger partial charge in [0.1, 0.15) is 6.10 Å². The van der Waals surface area contributed by atoms with E-state index in [1.807, 2.05) is 24.5 Å². The molecule has 1 aliphatic heterocycles. The van der Waals surface area contributed by atoms with Crippen LogP contribution in [0.2, 0.25) is 0 Å². The van der Waals surface area contributed by atoms with Crippen LogP contribution in [0, 0.1) is 6.92 Å². The van der Waals surface area contributed by atoms with Crippen LogP contribution in [-0.4, -0.2) is 27.8 Å². The molecule has 1 N–H and O–H groups in total. The molecule has 23 heavy (non-hydrogen) atoms. The molecule has 2 aliphatic rings. The molecule has 0 spiro atoms. The van der Waals surface area contributed by atoms with Crippen LogP contribution in [0.1, 0.15) is 65.7 Å². The third-order valence-corrected chi connectivity index (χ3v) is 5.78. The lowest BCUT2D eigenvalue weighted by atomic mass is 9.86. The van der Waals surface area contributed by atoms with Crippen LogP contribution in [0.5, 0.6) is 0 Å². The van der Waals surface area contributed by atoms with Crippen molar-refractivity contribution in [2.75, 3.05) is 6.54 Å². The molecule has 0 unspecified atom stereocenters. The van der Waals surface area contributed by atoms with Crippen molar-refractivity contribution in [1.82, 2.24) is 20.4 Å². The Balaban J connectivity index is 1.22. The van der Waals surface area contributed by atoms with Gasteiger partial charge in [0.2, 0.25) is 0 Å². The molecule has 2 atom stereocenters. The van der Waals surface area contributed by atoms with E-state index in [0.717, 1.165) is 31.8 Å². The first-order valence-electron chi connectivity index (χ1n) is 8.39. The zero-order valence-corrected chi connectivity index (χ0v) is 14.1. The molecule has 0 bridgehead atoms. The minimum Gasteiger partial charge on any atom is -0.364 e. The predicted octanol–water partition coefficient (Wildman–Crippen LogP) is 3.11. The van der Waals surface area contributed by atoms with Gasteiger partial charge in [-0.25, -0.2) is 4.98 Å². The number of rotatable bonds is 6. The fourth-order valence-electron chi connectivity index (χ4n) is 3.09. The normalized spacial score (nSPS) is 24.9. The van der Waals surface area contributed by atoms with Gasteiger partial charge in [-0.15, -0.1) is 11.3 Å². The summed E-state index contributed by atoms with van der Waals surface area (Å²) in [5, 5.41) is 8.63. The molecule has 0 radical (unpaired) electrons. The highest BCUT2D eigenvalue weighted by Crippen LogP contribution is 2.38. The van der Waals surface area contributed by atoms with Gasteiger partial charge in [-0.05, 0) is 32.6 Å². The third-order valence-electron chi connectivity index (χ3n) is 4.62. The second-order valence-electron chi connectivity index (χ2n) is 6.43. The number of ether oxygens (including phenoxy) is 1. The largest absolute Gasteiger partial charge is 0.364 e. The van der Waals surface area contributed by atoms with Crippen molar-refractivity contribution < 1.29 is 9.26 Å². The van der Waals surface area contributed by atoms with Crippen LogP contribution in [0.25, 0.3) is 0 Å². The van der Waals surface area contributed by atoms with Gasteiger partial charge in [0, 0.05) is 30.1 Å². The molecule has 1 saturated carbocycles. The summed E-state index contributed by atoms with van der Waals surface area (Å²) in [6, 6.07) is 0. The minimum atomic E-state index is -0.0448. The average molecular weight is 334 g/mol. The number of aryl methyl sites for hydroxylation is 1. The summed E-state index contributed by atoms with van der Waals surface area (Å²) in [5.74, 6) is 2.00. The third kappa shape index (κ3) is 3.46. The highest BCUT2D eigenvalue weighted by molar-refractivity contribution is 7.11. The molecule has 1 saturated heterocycles. The van der Waals surface area contributed by atoms with Crippen molar-refractivity contribution in [3.8, 4) is 0 Å². The quantitative estimate of drug-likeness (QED) is 0.875. The van der Waals surface area contributed by atoms with Crippen LogP contribution < -0.4 is 5.32 Å². The number of hydrogen-bond acceptors (Lipinski definition) is 7. The Hall–Kier alpha value is -1.31. The molecule has 0 aromatic carbocycles. The minimum absolute atomic E-state index is 0.0448. The van der Waals surface area contributed by atoms with E-state index >= 15 is 0 Å². The van der Waals surface area contributed by atoms with Gasteiger partial charge in [0.25, 0.3) is 5.89 Å². The zero-order valence-electron chi connectivity index (χ0n) is 13.3. The van der Waals surface area contributed by atoms with Crippen LogP contribution >= 0.6 is 11.3 Å². The van der Waals surface area contributed by atoms with E-state index in [4.69, 9.17) is 9.26 Å². The fourth-order valence-corrected chi connectivity index (χ4v) is 4.14. The molecule has 124 valence electrons. The summed E-state index contributed by atoms with van der Waals surface area (Å²) in [5.41, 5.74) is 0. The first-order chi connectivity index (χ1) is 11.3. The van der Waals surface area contributed by atoms with E-state index in [1.54, 1.807) is 0 Å². The first-order valence-corrected chi connectivity index (χ1v) is 9.20. The zero-order chi connectivity index (χ0) is 15.6. The molecule has 1 aliphatic carbocycles. The van der Waals surface area contributed by atoms with Crippen molar-refractivity contribution in [3.05, 3.63) is 27.8 Å². The van der Waals surface area contributed by atoms with Gasteiger partial charge in [0.05, 0.1) is 11.1 Å². The van der Waals surface area contributed by atoms with E-state index < -0.39 is 0 Å². The molecule has 3 heterocycles. The van der Waals surface area contributed by atoms with Crippen molar-refractivity contribution in [2.45, 2.75) is 63.7 Å². The van der Waals surface area contributed by atoms with Crippen molar-refractivity contribution >= 4 is 11.3 Å². The molecule has 2 aromatic rings. The fraction of sp³-hybridized carbons (Fsp3) is 0.688. The lowest BCUT2D eigenvalue weighted by molar-refractivity contribution is 0.0264. The van der Waals surface area contributed by atoms with Crippen molar-refractivity contribution in [3.63, 3.8) is 0 Å². The Morgan fingerprint density at radius 3 is 2.96 bits per heavy atom. The van der Waals surface area contributed by atoms with E-state index in [0.29, 0.717) is 11.7 Å². The Morgan fingerprint density at radius 1 is 1.30 bits per heavy atom. The lowest BCUT2D eigenvalue weighted by Gasteiger charge is -2.22.